The number of ketones is 1. The van der Waals surface area contributed by atoms with E-state index in [2.05, 4.69) is 22.3 Å². The van der Waals surface area contributed by atoms with Crippen LogP contribution in [0.4, 0.5) is 0 Å². The molecule has 3 nitrogen and oxygen atoms in total. The van der Waals surface area contributed by atoms with Crippen molar-refractivity contribution in [2.45, 2.75) is 19.0 Å². The van der Waals surface area contributed by atoms with E-state index in [1.165, 1.54) is 5.56 Å². The van der Waals surface area contributed by atoms with E-state index in [0.29, 0.717) is 0 Å². The molecule has 0 amide bonds. The van der Waals surface area contributed by atoms with E-state index in [1.807, 2.05) is 25.2 Å². The fourth-order valence-electron chi connectivity index (χ4n) is 2.41. The fourth-order valence-corrected chi connectivity index (χ4v) is 2.41. The average molecular weight is 218 g/mol. The molecule has 1 aromatic carbocycles. The number of carbonyl (C=O) groups excluding carboxylic acids is 1. The minimum absolute atomic E-state index is 0.0452. The lowest BCUT2D eigenvalue weighted by molar-refractivity contribution is -0.123. The van der Waals surface area contributed by atoms with Crippen LogP contribution in [-0.2, 0) is 4.79 Å². The third kappa shape index (κ3) is 2.15. The van der Waals surface area contributed by atoms with Gasteiger partial charge in [-0.25, -0.2) is 0 Å². The van der Waals surface area contributed by atoms with E-state index in [9.17, 15) is 4.79 Å². The smallest absolute Gasteiger partial charge is 0.148 e. The molecule has 16 heavy (non-hydrogen) atoms. The average Bonchev–Trinajstić information content (AvgIpc) is 2.29. The number of nitrogens with zero attached hydrogens (tertiary/aromatic N) is 1. The van der Waals surface area contributed by atoms with Gasteiger partial charge in [0, 0.05) is 13.1 Å². The van der Waals surface area contributed by atoms with E-state index >= 15 is 0 Å². The van der Waals surface area contributed by atoms with Crippen molar-refractivity contribution in [1.29, 1.82) is 0 Å². The molecule has 1 aliphatic heterocycles. The molecule has 1 aliphatic rings. The molecule has 1 fully saturated rings. The summed E-state index contributed by atoms with van der Waals surface area (Å²) >= 11 is 0. The largest absolute Gasteiger partial charge is 0.307 e. The lowest BCUT2D eigenvalue weighted by atomic mass is 9.93. The first-order valence-corrected chi connectivity index (χ1v) is 5.69. The predicted molar refractivity (Wildman–Crippen MR) is 64.3 cm³/mol. The van der Waals surface area contributed by atoms with Crippen molar-refractivity contribution in [2.75, 3.05) is 20.1 Å². The van der Waals surface area contributed by atoms with Crippen molar-refractivity contribution in [3.8, 4) is 0 Å². The third-order valence-electron chi connectivity index (χ3n) is 3.19. The van der Waals surface area contributed by atoms with Crippen LogP contribution in [0.5, 0.6) is 0 Å². The second kappa shape index (κ2) is 4.76. The monoisotopic (exact) mass is 218 g/mol. The molecule has 0 unspecified atom stereocenters. The zero-order valence-electron chi connectivity index (χ0n) is 9.81. The number of carbonyl (C=O) groups is 1. The number of rotatable bonds is 2. The Morgan fingerprint density at radius 3 is 2.69 bits per heavy atom. The summed E-state index contributed by atoms with van der Waals surface area (Å²) in [6.07, 6.45) is 0. The molecule has 1 heterocycles. The summed E-state index contributed by atoms with van der Waals surface area (Å²) in [5, 5.41) is 3.43. The van der Waals surface area contributed by atoms with Gasteiger partial charge >= 0.3 is 0 Å². The Kier molecular flexibility index (Phi) is 3.36. The van der Waals surface area contributed by atoms with Gasteiger partial charge in [0.15, 0.2) is 0 Å². The van der Waals surface area contributed by atoms with Crippen molar-refractivity contribution >= 4 is 5.78 Å². The van der Waals surface area contributed by atoms with E-state index in [-0.39, 0.29) is 17.9 Å². The van der Waals surface area contributed by atoms with Crippen LogP contribution in [0.2, 0.25) is 0 Å². The molecule has 0 spiro atoms. The molecule has 2 rings (SSSR count). The Bertz CT molecular complexity index is 363. The zero-order valence-corrected chi connectivity index (χ0v) is 9.81. The van der Waals surface area contributed by atoms with Gasteiger partial charge in [0.1, 0.15) is 5.78 Å². The number of hydrogen-bond donors (Lipinski definition) is 1. The van der Waals surface area contributed by atoms with Crippen LogP contribution in [0.3, 0.4) is 0 Å². The van der Waals surface area contributed by atoms with E-state index in [4.69, 9.17) is 0 Å². The first-order valence-electron chi connectivity index (χ1n) is 5.69. The first-order chi connectivity index (χ1) is 7.70. The number of likely N-dealkylation sites (N-methyl/N-ethyl adjacent to an activating group) is 1. The zero-order chi connectivity index (χ0) is 11.5. The lowest BCUT2D eigenvalue weighted by Gasteiger charge is -2.38. The number of hydrogen-bond acceptors (Lipinski definition) is 3. The van der Waals surface area contributed by atoms with Crippen molar-refractivity contribution in [3.63, 3.8) is 0 Å². The summed E-state index contributed by atoms with van der Waals surface area (Å²) in [5.41, 5.74) is 1.19. The van der Waals surface area contributed by atoms with E-state index in [1.54, 1.807) is 6.92 Å². The standard InChI is InChI=1S/C13H18N2O/c1-10(16)13-12(14-8-9-15(13)2)11-6-4-3-5-7-11/h3-7,12-14H,8-9H2,1-2H3/t12-,13+/m0/s1. The highest BCUT2D eigenvalue weighted by Crippen LogP contribution is 2.23. The van der Waals surface area contributed by atoms with Crippen LogP contribution >= 0.6 is 0 Å². The summed E-state index contributed by atoms with van der Waals surface area (Å²) in [6.45, 7) is 3.53. The normalized spacial score (nSPS) is 26.6. The highest BCUT2D eigenvalue weighted by atomic mass is 16.1. The van der Waals surface area contributed by atoms with Crippen molar-refractivity contribution in [2.24, 2.45) is 0 Å². The fraction of sp³-hybridized carbons (Fsp3) is 0.462. The molecule has 0 radical (unpaired) electrons. The third-order valence-corrected chi connectivity index (χ3v) is 3.19. The van der Waals surface area contributed by atoms with Gasteiger partial charge in [-0.1, -0.05) is 30.3 Å². The number of Topliss-reactive ketones (excluding diaryl/α,β-unsaturated/α-hetero) is 1. The van der Waals surface area contributed by atoms with Gasteiger partial charge in [-0.2, -0.15) is 0 Å². The maximum absolute atomic E-state index is 11.7. The van der Waals surface area contributed by atoms with Gasteiger partial charge in [0.05, 0.1) is 12.1 Å². The van der Waals surface area contributed by atoms with Crippen molar-refractivity contribution < 1.29 is 4.79 Å². The van der Waals surface area contributed by atoms with Crippen LogP contribution in [-0.4, -0.2) is 36.9 Å². The second-order valence-electron chi connectivity index (χ2n) is 4.38. The topological polar surface area (TPSA) is 32.3 Å². The number of nitrogens with one attached hydrogen (secondary N) is 1. The van der Waals surface area contributed by atoms with Gasteiger partial charge < -0.3 is 5.32 Å². The lowest BCUT2D eigenvalue weighted by Crippen LogP contribution is -2.54. The van der Waals surface area contributed by atoms with Gasteiger partial charge in [0.2, 0.25) is 0 Å². The minimum atomic E-state index is -0.0452. The molecule has 1 saturated heterocycles. The highest BCUT2D eigenvalue weighted by molar-refractivity contribution is 5.82. The molecule has 0 saturated carbocycles. The van der Waals surface area contributed by atoms with Crippen LogP contribution in [0.25, 0.3) is 0 Å². The molecule has 1 N–H and O–H groups in total. The summed E-state index contributed by atoms with van der Waals surface area (Å²) in [5.74, 6) is 0.226. The molecule has 0 aliphatic carbocycles. The predicted octanol–water partition coefficient (Wildman–Crippen LogP) is 1.22. The Balaban J connectivity index is 2.27. The Morgan fingerprint density at radius 2 is 2.06 bits per heavy atom. The van der Waals surface area contributed by atoms with Crippen LogP contribution in [0.1, 0.15) is 18.5 Å². The molecular weight excluding hydrogens is 200 g/mol. The van der Waals surface area contributed by atoms with Gasteiger partial charge in [-0.3, -0.25) is 9.69 Å². The molecule has 86 valence electrons. The Morgan fingerprint density at radius 1 is 1.38 bits per heavy atom. The van der Waals surface area contributed by atoms with Crippen LogP contribution < -0.4 is 5.32 Å². The van der Waals surface area contributed by atoms with Crippen LogP contribution in [0.15, 0.2) is 30.3 Å². The van der Waals surface area contributed by atoms with Crippen LogP contribution in [0, 0.1) is 0 Å². The summed E-state index contributed by atoms with van der Waals surface area (Å²) in [7, 11) is 2.02. The molecule has 2 atom stereocenters. The van der Waals surface area contributed by atoms with Gasteiger partial charge in [0.25, 0.3) is 0 Å². The first kappa shape index (κ1) is 11.3. The second-order valence-corrected chi connectivity index (χ2v) is 4.38. The van der Waals surface area contributed by atoms with Crippen molar-refractivity contribution in [1.82, 2.24) is 10.2 Å². The SMILES string of the molecule is CC(=O)[C@@H]1[C@H](c2ccccc2)NCCN1C. The Labute approximate surface area is 96.5 Å². The molecule has 0 aromatic heterocycles. The number of benzene rings is 1. The minimum Gasteiger partial charge on any atom is -0.307 e. The van der Waals surface area contributed by atoms with Gasteiger partial charge in [-0.15, -0.1) is 0 Å². The van der Waals surface area contributed by atoms with E-state index in [0.717, 1.165) is 13.1 Å². The molecule has 1 aromatic rings. The summed E-state index contributed by atoms with van der Waals surface area (Å²) < 4.78 is 0. The summed E-state index contributed by atoms with van der Waals surface area (Å²) in [6, 6.07) is 10.3. The molecule has 0 bridgehead atoms. The maximum Gasteiger partial charge on any atom is 0.148 e. The summed E-state index contributed by atoms with van der Waals surface area (Å²) in [4.78, 5) is 13.8. The van der Waals surface area contributed by atoms with Crippen molar-refractivity contribution in [3.05, 3.63) is 35.9 Å². The Hall–Kier alpha value is -1.19. The maximum atomic E-state index is 11.7. The molecule has 3 heteroatoms. The quantitative estimate of drug-likeness (QED) is 0.810. The van der Waals surface area contributed by atoms with Gasteiger partial charge in [-0.05, 0) is 19.5 Å². The number of piperazine rings is 1. The molecular formula is C13H18N2O. The van der Waals surface area contributed by atoms with E-state index < -0.39 is 0 Å². The highest BCUT2D eigenvalue weighted by Gasteiger charge is 2.32.